The number of piperidine rings is 1. The molecule has 0 amide bonds. The van der Waals surface area contributed by atoms with Gasteiger partial charge in [0, 0.05) is 91.8 Å². The molecule has 144 valence electrons. The number of hydrogen-bond acceptors (Lipinski definition) is 5. The molecule has 0 spiro atoms. The Morgan fingerprint density at radius 1 is 1.12 bits per heavy atom. The second-order valence-electron chi connectivity index (χ2n) is 7.55. The quantitative estimate of drug-likeness (QED) is 0.371. The summed E-state index contributed by atoms with van der Waals surface area (Å²) in [6.07, 6.45) is 3.51. The molecule has 0 saturated carbocycles. The van der Waals surface area contributed by atoms with Gasteiger partial charge in [-0.15, -0.1) is 0 Å². The molecule has 4 fully saturated rings. The predicted octanol–water partition coefficient (Wildman–Crippen LogP) is -0.348. The molecule has 1 atom stereocenters. The number of nitrogens with one attached hydrogen (secondary N) is 2. The van der Waals surface area contributed by atoms with Crippen LogP contribution < -0.4 is 10.6 Å². The normalized spacial score (nSPS) is 31.3. The minimum Gasteiger partial charge on any atom is -0.385 e. The molecule has 0 aliphatic carbocycles. The van der Waals surface area contributed by atoms with Crippen molar-refractivity contribution in [2.45, 2.75) is 31.3 Å². The third-order valence-electron chi connectivity index (χ3n) is 5.87. The first kappa shape index (κ1) is 18.9. The molecule has 7 nitrogen and oxygen atoms in total. The standard InChI is InChI=1S/C18H36N6O/c1-19-18(20-14-17-15-23-9-11-24(17)12-10-23)21-16-4-7-22(8-5-16)6-3-13-25-2/h16-17H,3-15H2,1-2H3,(H2,19,20,21). The fourth-order valence-corrected chi connectivity index (χ4v) is 4.25. The van der Waals surface area contributed by atoms with Crippen molar-refractivity contribution in [1.82, 2.24) is 25.3 Å². The molecule has 4 heterocycles. The largest absolute Gasteiger partial charge is 0.385 e. The molecule has 0 aromatic rings. The van der Waals surface area contributed by atoms with Crippen LogP contribution in [0.4, 0.5) is 0 Å². The lowest BCUT2D eigenvalue weighted by molar-refractivity contribution is 0.0154. The molecular formula is C18H36N6O. The van der Waals surface area contributed by atoms with Gasteiger partial charge in [-0.05, 0) is 19.3 Å². The second kappa shape index (κ2) is 9.71. The first-order chi connectivity index (χ1) is 12.3. The fraction of sp³-hybridized carbons (Fsp3) is 0.944. The number of likely N-dealkylation sites (tertiary alicyclic amines) is 1. The molecule has 4 rings (SSSR count). The highest BCUT2D eigenvalue weighted by atomic mass is 16.5. The van der Waals surface area contributed by atoms with Gasteiger partial charge in [-0.1, -0.05) is 0 Å². The van der Waals surface area contributed by atoms with Gasteiger partial charge in [0.2, 0.25) is 0 Å². The smallest absolute Gasteiger partial charge is 0.191 e. The summed E-state index contributed by atoms with van der Waals surface area (Å²) in [7, 11) is 3.66. The zero-order valence-corrected chi connectivity index (χ0v) is 16.0. The van der Waals surface area contributed by atoms with Crippen LogP contribution in [0.15, 0.2) is 4.99 Å². The lowest BCUT2D eigenvalue weighted by Gasteiger charge is -2.47. The maximum atomic E-state index is 5.15. The number of aliphatic imine (C=N–C) groups is 1. The highest BCUT2D eigenvalue weighted by Gasteiger charge is 2.31. The molecule has 25 heavy (non-hydrogen) atoms. The van der Waals surface area contributed by atoms with Crippen molar-refractivity contribution < 1.29 is 4.74 Å². The van der Waals surface area contributed by atoms with E-state index in [2.05, 4.69) is 30.3 Å². The first-order valence-electron chi connectivity index (χ1n) is 9.93. The summed E-state index contributed by atoms with van der Waals surface area (Å²) in [5, 5.41) is 7.20. The lowest BCUT2D eigenvalue weighted by atomic mass is 10.0. The van der Waals surface area contributed by atoms with Gasteiger partial charge in [0.25, 0.3) is 0 Å². The van der Waals surface area contributed by atoms with Crippen LogP contribution in [0, 0.1) is 0 Å². The van der Waals surface area contributed by atoms with Gasteiger partial charge < -0.3 is 20.3 Å². The van der Waals surface area contributed by atoms with Crippen LogP contribution in [0.5, 0.6) is 0 Å². The van der Waals surface area contributed by atoms with Gasteiger partial charge in [0.1, 0.15) is 0 Å². The van der Waals surface area contributed by atoms with Gasteiger partial charge >= 0.3 is 0 Å². The molecule has 1 unspecified atom stereocenters. The molecular weight excluding hydrogens is 316 g/mol. The van der Waals surface area contributed by atoms with E-state index in [9.17, 15) is 0 Å². The predicted molar refractivity (Wildman–Crippen MR) is 102 cm³/mol. The monoisotopic (exact) mass is 352 g/mol. The summed E-state index contributed by atoms with van der Waals surface area (Å²) in [4.78, 5) is 12.2. The first-order valence-corrected chi connectivity index (χ1v) is 9.93. The van der Waals surface area contributed by atoms with Gasteiger partial charge in [-0.2, -0.15) is 0 Å². The van der Waals surface area contributed by atoms with Crippen LogP contribution in [0.1, 0.15) is 19.3 Å². The van der Waals surface area contributed by atoms with Crippen LogP contribution in [0.25, 0.3) is 0 Å². The number of guanidine groups is 1. The Kier molecular flexibility index (Phi) is 7.34. The lowest BCUT2D eigenvalue weighted by Crippen LogP contribution is -2.64. The zero-order valence-electron chi connectivity index (χ0n) is 16.0. The molecule has 2 N–H and O–H groups in total. The van der Waals surface area contributed by atoms with Crippen LogP contribution in [0.3, 0.4) is 0 Å². The number of ether oxygens (including phenoxy) is 1. The molecule has 7 heteroatoms. The van der Waals surface area contributed by atoms with Gasteiger partial charge in [-0.25, -0.2) is 0 Å². The van der Waals surface area contributed by atoms with Crippen LogP contribution in [-0.2, 0) is 4.74 Å². The van der Waals surface area contributed by atoms with Gasteiger partial charge in [0.05, 0.1) is 0 Å². The summed E-state index contributed by atoms with van der Waals surface area (Å²) >= 11 is 0. The Hall–Kier alpha value is -0.890. The Morgan fingerprint density at radius 2 is 1.88 bits per heavy atom. The van der Waals surface area contributed by atoms with Crippen molar-refractivity contribution in [2.24, 2.45) is 4.99 Å². The zero-order chi connectivity index (χ0) is 17.5. The van der Waals surface area contributed by atoms with Crippen molar-refractivity contribution in [2.75, 3.05) is 79.7 Å². The maximum absolute atomic E-state index is 5.15. The SMILES string of the molecule is CN=C(NCC1CN2CCN1CC2)NC1CCN(CCCOC)CC1. The molecule has 4 saturated heterocycles. The molecule has 4 aliphatic heterocycles. The summed E-state index contributed by atoms with van der Waals surface area (Å²) in [5.41, 5.74) is 0. The van der Waals surface area contributed by atoms with E-state index in [0.717, 1.165) is 32.1 Å². The Labute approximate surface area is 152 Å². The average Bonchev–Trinajstić information content (AvgIpc) is 2.67. The van der Waals surface area contributed by atoms with E-state index in [4.69, 9.17) is 4.74 Å². The van der Waals surface area contributed by atoms with Crippen molar-refractivity contribution in [3.8, 4) is 0 Å². The third-order valence-corrected chi connectivity index (χ3v) is 5.87. The molecule has 0 aromatic carbocycles. The van der Waals surface area contributed by atoms with E-state index in [0.29, 0.717) is 12.1 Å². The van der Waals surface area contributed by atoms with Crippen molar-refractivity contribution >= 4 is 5.96 Å². The van der Waals surface area contributed by atoms with E-state index in [1.54, 1.807) is 7.11 Å². The number of rotatable bonds is 7. The molecule has 4 aliphatic rings. The highest BCUT2D eigenvalue weighted by molar-refractivity contribution is 5.80. The number of methoxy groups -OCH3 is 1. The van der Waals surface area contributed by atoms with Crippen molar-refractivity contribution in [3.63, 3.8) is 0 Å². The minimum absolute atomic E-state index is 0.539. The Balaban J connectivity index is 1.34. The topological polar surface area (TPSA) is 55.4 Å². The van der Waals surface area contributed by atoms with E-state index >= 15 is 0 Å². The molecule has 0 aromatic heterocycles. The van der Waals surface area contributed by atoms with Gasteiger partial charge in [-0.3, -0.25) is 14.8 Å². The van der Waals surface area contributed by atoms with E-state index < -0.39 is 0 Å². The summed E-state index contributed by atoms with van der Waals surface area (Å²) in [5.74, 6) is 0.968. The number of piperazine rings is 3. The number of hydrogen-bond donors (Lipinski definition) is 2. The van der Waals surface area contributed by atoms with Crippen LogP contribution in [0.2, 0.25) is 0 Å². The molecule has 2 bridgehead atoms. The Morgan fingerprint density at radius 3 is 2.48 bits per heavy atom. The summed E-state index contributed by atoms with van der Waals surface area (Å²) < 4.78 is 5.15. The van der Waals surface area contributed by atoms with Crippen LogP contribution in [-0.4, -0.2) is 112 Å². The Bertz CT molecular complexity index is 416. The van der Waals surface area contributed by atoms with E-state index in [-0.39, 0.29) is 0 Å². The minimum atomic E-state index is 0.539. The fourth-order valence-electron chi connectivity index (χ4n) is 4.25. The second-order valence-corrected chi connectivity index (χ2v) is 7.55. The maximum Gasteiger partial charge on any atom is 0.191 e. The van der Waals surface area contributed by atoms with Crippen molar-refractivity contribution in [1.29, 1.82) is 0 Å². The van der Waals surface area contributed by atoms with Crippen LogP contribution >= 0.6 is 0 Å². The average molecular weight is 353 g/mol. The molecule has 0 radical (unpaired) electrons. The van der Waals surface area contributed by atoms with Gasteiger partial charge in [0.15, 0.2) is 5.96 Å². The summed E-state index contributed by atoms with van der Waals surface area (Å²) in [6, 6.07) is 1.17. The summed E-state index contributed by atoms with van der Waals surface area (Å²) in [6.45, 7) is 11.5. The number of fused-ring (bicyclic) bond motifs is 3. The van der Waals surface area contributed by atoms with E-state index in [1.165, 1.54) is 58.7 Å². The number of nitrogens with zero attached hydrogens (tertiary/aromatic N) is 4. The third kappa shape index (κ3) is 5.54. The highest BCUT2D eigenvalue weighted by Crippen LogP contribution is 2.15. The van der Waals surface area contributed by atoms with E-state index in [1.807, 2.05) is 7.05 Å². The van der Waals surface area contributed by atoms with Crippen molar-refractivity contribution in [3.05, 3.63) is 0 Å².